The van der Waals surface area contributed by atoms with E-state index < -0.39 is 9.84 Å². The van der Waals surface area contributed by atoms with Gasteiger partial charge in [0.05, 0.1) is 22.0 Å². The summed E-state index contributed by atoms with van der Waals surface area (Å²) in [5.74, 6) is 1.02. The second-order valence-corrected chi connectivity index (χ2v) is 8.06. The van der Waals surface area contributed by atoms with E-state index in [9.17, 15) is 8.42 Å². The van der Waals surface area contributed by atoms with Crippen LogP contribution in [0.3, 0.4) is 0 Å². The smallest absolute Gasteiger partial charge is 0.180 e. The maximum atomic E-state index is 12.3. The van der Waals surface area contributed by atoms with Crippen molar-refractivity contribution in [3.63, 3.8) is 0 Å². The molecule has 1 aromatic heterocycles. The van der Waals surface area contributed by atoms with Crippen LogP contribution in [0.15, 0.2) is 41.6 Å². The van der Waals surface area contributed by atoms with Gasteiger partial charge in [0.15, 0.2) is 9.84 Å². The van der Waals surface area contributed by atoms with Crippen LogP contribution in [-0.2, 0) is 9.84 Å². The molecule has 0 aliphatic carbocycles. The lowest BCUT2D eigenvalue weighted by molar-refractivity contribution is 0.595. The van der Waals surface area contributed by atoms with Gasteiger partial charge in [-0.05, 0) is 19.1 Å². The summed E-state index contributed by atoms with van der Waals surface area (Å²) in [6.07, 6.45) is 3.40. The van der Waals surface area contributed by atoms with Gasteiger partial charge in [-0.25, -0.2) is 13.4 Å². The molecule has 0 unspecified atom stereocenters. The molecule has 1 saturated heterocycles. The Morgan fingerprint density at radius 2 is 1.62 bits per heavy atom. The SMILES string of the molecule is CCS(=O)(=O)c1ccccc1N1CCN(c2nccnc2C)CC1. The summed E-state index contributed by atoms with van der Waals surface area (Å²) in [5, 5.41) is 0. The first-order chi connectivity index (χ1) is 11.5. The molecule has 7 heteroatoms. The van der Waals surface area contributed by atoms with Crippen molar-refractivity contribution >= 4 is 21.3 Å². The molecule has 3 rings (SSSR count). The van der Waals surface area contributed by atoms with E-state index in [1.165, 1.54) is 0 Å². The van der Waals surface area contributed by atoms with E-state index in [2.05, 4.69) is 19.8 Å². The molecule has 2 aromatic rings. The van der Waals surface area contributed by atoms with Crippen molar-refractivity contribution in [3.05, 3.63) is 42.4 Å². The number of para-hydroxylation sites is 1. The first kappa shape index (κ1) is 16.7. The third-order valence-electron chi connectivity index (χ3n) is 4.36. The van der Waals surface area contributed by atoms with Crippen molar-refractivity contribution in [2.45, 2.75) is 18.7 Å². The molecule has 0 bridgehead atoms. The fraction of sp³-hybridized carbons (Fsp3) is 0.412. The Morgan fingerprint density at radius 1 is 1.00 bits per heavy atom. The van der Waals surface area contributed by atoms with Gasteiger partial charge in [0, 0.05) is 38.6 Å². The number of piperazine rings is 1. The second kappa shape index (κ2) is 6.76. The molecule has 1 aliphatic heterocycles. The minimum Gasteiger partial charge on any atom is -0.367 e. The Labute approximate surface area is 143 Å². The highest BCUT2D eigenvalue weighted by Crippen LogP contribution is 2.27. The zero-order valence-corrected chi connectivity index (χ0v) is 14.8. The molecule has 2 heterocycles. The van der Waals surface area contributed by atoms with E-state index in [1.807, 2.05) is 19.1 Å². The Morgan fingerprint density at radius 3 is 2.29 bits per heavy atom. The number of hydrogen-bond donors (Lipinski definition) is 0. The Balaban J connectivity index is 1.80. The van der Waals surface area contributed by atoms with Crippen LogP contribution in [0, 0.1) is 6.92 Å². The Hall–Kier alpha value is -2.15. The molecule has 1 fully saturated rings. The number of aryl methyl sites for hydroxylation is 1. The highest BCUT2D eigenvalue weighted by Gasteiger charge is 2.24. The van der Waals surface area contributed by atoms with Crippen LogP contribution < -0.4 is 9.80 Å². The van der Waals surface area contributed by atoms with Gasteiger partial charge >= 0.3 is 0 Å². The average molecular weight is 346 g/mol. The van der Waals surface area contributed by atoms with Gasteiger partial charge in [0.2, 0.25) is 0 Å². The van der Waals surface area contributed by atoms with Crippen molar-refractivity contribution in [1.82, 2.24) is 9.97 Å². The van der Waals surface area contributed by atoms with E-state index in [0.717, 1.165) is 43.4 Å². The van der Waals surface area contributed by atoms with Gasteiger partial charge in [-0.1, -0.05) is 19.1 Å². The molecular weight excluding hydrogens is 324 g/mol. The molecule has 0 atom stereocenters. The molecule has 1 aromatic carbocycles. The molecule has 0 radical (unpaired) electrons. The normalized spacial score (nSPS) is 15.6. The van der Waals surface area contributed by atoms with Crippen LogP contribution in [0.1, 0.15) is 12.6 Å². The number of anilines is 2. The van der Waals surface area contributed by atoms with Crippen LogP contribution in [0.4, 0.5) is 11.5 Å². The van der Waals surface area contributed by atoms with Crippen molar-refractivity contribution in [1.29, 1.82) is 0 Å². The van der Waals surface area contributed by atoms with Crippen LogP contribution in [-0.4, -0.2) is 50.3 Å². The zero-order chi connectivity index (χ0) is 17.2. The average Bonchev–Trinajstić information content (AvgIpc) is 2.62. The number of benzene rings is 1. The van der Waals surface area contributed by atoms with E-state index in [0.29, 0.717) is 4.90 Å². The lowest BCUT2D eigenvalue weighted by atomic mass is 10.2. The van der Waals surface area contributed by atoms with Gasteiger partial charge in [0.1, 0.15) is 5.82 Å². The summed E-state index contributed by atoms with van der Waals surface area (Å²) in [6, 6.07) is 7.27. The standard InChI is InChI=1S/C17H22N4O2S/c1-3-24(22,23)16-7-5-4-6-15(16)20-10-12-21(13-11-20)17-14(2)18-8-9-19-17/h4-9H,3,10-13H2,1-2H3. The number of nitrogens with zero attached hydrogens (tertiary/aromatic N) is 4. The maximum Gasteiger partial charge on any atom is 0.180 e. The molecule has 0 spiro atoms. The van der Waals surface area contributed by atoms with Crippen molar-refractivity contribution < 1.29 is 8.42 Å². The van der Waals surface area contributed by atoms with E-state index in [4.69, 9.17) is 0 Å². The summed E-state index contributed by atoms with van der Waals surface area (Å²) < 4.78 is 24.7. The lowest BCUT2D eigenvalue weighted by Gasteiger charge is -2.37. The fourth-order valence-electron chi connectivity index (χ4n) is 3.01. The first-order valence-electron chi connectivity index (χ1n) is 8.12. The third kappa shape index (κ3) is 3.21. The van der Waals surface area contributed by atoms with E-state index >= 15 is 0 Å². The van der Waals surface area contributed by atoms with E-state index in [-0.39, 0.29) is 5.75 Å². The molecule has 128 valence electrons. The van der Waals surface area contributed by atoms with Crippen molar-refractivity contribution in [2.75, 3.05) is 41.7 Å². The molecule has 1 aliphatic rings. The van der Waals surface area contributed by atoms with Gasteiger partial charge in [0.25, 0.3) is 0 Å². The summed E-state index contributed by atoms with van der Waals surface area (Å²) in [7, 11) is -3.23. The summed E-state index contributed by atoms with van der Waals surface area (Å²) in [4.78, 5) is 13.5. The predicted octanol–water partition coefficient (Wildman–Crippen LogP) is 1.91. The highest BCUT2D eigenvalue weighted by molar-refractivity contribution is 7.91. The van der Waals surface area contributed by atoms with Crippen LogP contribution >= 0.6 is 0 Å². The van der Waals surface area contributed by atoms with Crippen LogP contribution in [0.25, 0.3) is 0 Å². The Bertz CT molecular complexity index is 815. The number of aromatic nitrogens is 2. The minimum absolute atomic E-state index is 0.114. The van der Waals surface area contributed by atoms with Crippen LogP contribution in [0.2, 0.25) is 0 Å². The summed E-state index contributed by atoms with van der Waals surface area (Å²) in [6.45, 7) is 6.73. The predicted molar refractivity (Wildman–Crippen MR) is 95.4 cm³/mol. The first-order valence-corrected chi connectivity index (χ1v) is 9.77. The zero-order valence-electron chi connectivity index (χ0n) is 14.0. The second-order valence-electron chi connectivity index (χ2n) is 5.81. The van der Waals surface area contributed by atoms with Crippen LogP contribution in [0.5, 0.6) is 0 Å². The molecule has 0 saturated carbocycles. The summed E-state index contributed by atoms with van der Waals surface area (Å²) in [5.41, 5.74) is 1.72. The summed E-state index contributed by atoms with van der Waals surface area (Å²) >= 11 is 0. The van der Waals surface area contributed by atoms with Crippen molar-refractivity contribution in [2.24, 2.45) is 0 Å². The fourth-order valence-corrected chi connectivity index (χ4v) is 4.12. The van der Waals surface area contributed by atoms with E-state index in [1.54, 1.807) is 31.5 Å². The quantitative estimate of drug-likeness (QED) is 0.842. The topological polar surface area (TPSA) is 66.4 Å². The largest absolute Gasteiger partial charge is 0.367 e. The number of rotatable bonds is 4. The number of hydrogen-bond acceptors (Lipinski definition) is 6. The van der Waals surface area contributed by atoms with Gasteiger partial charge in [-0.15, -0.1) is 0 Å². The highest BCUT2D eigenvalue weighted by atomic mass is 32.2. The van der Waals surface area contributed by atoms with Gasteiger partial charge in [-0.2, -0.15) is 0 Å². The number of sulfone groups is 1. The van der Waals surface area contributed by atoms with Gasteiger partial charge in [-0.3, -0.25) is 4.98 Å². The third-order valence-corrected chi connectivity index (χ3v) is 6.13. The molecule has 0 N–H and O–H groups in total. The monoisotopic (exact) mass is 346 g/mol. The molecule has 24 heavy (non-hydrogen) atoms. The molecule has 0 amide bonds. The van der Waals surface area contributed by atoms with Gasteiger partial charge < -0.3 is 9.80 Å². The minimum atomic E-state index is -3.23. The van der Waals surface area contributed by atoms with Crippen molar-refractivity contribution in [3.8, 4) is 0 Å². The Kier molecular flexibility index (Phi) is 4.71. The lowest BCUT2D eigenvalue weighted by Crippen LogP contribution is -2.47. The molecule has 6 nitrogen and oxygen atoms in total. The molecular formula is C17H22N4O2S. The maximum absolute atomic E-state index is 12.3.